The van der Waals surface area contributed by atoms with Gasteiger partial charge < -0.3 is 21.3 Å². The fourth-order valence-electron chi connectivity index (χ4n) is 6.47. The standard InChI is InChI=1S/C31H40N4O3/c32-24-13-7-8-14-25(24)34-31(38)23-16-17-27-26(19-23)33-29(36)20-28(22-11-5-2-6-12-22)35(27)30(37)18-15-21-9-3-1-4-10-21/h1,3-4,9-10,16-17,19,22,24-25,28H,2,5-8,11-15,18,20,32H2,(H,33,36)(H,34,38). The molecule has 0 bridgehead atoms. The number of nitrogens with zero attached hydrogens (tertiary/aromatic N) is 1. The number of rotatable bonds is 6. The van der Waals surface area contributed by atoms with Gasteiger partial charge in [-0.25, -0.2) is 0 Å². The van der Waals surface area contributed by atoms with Gasteiger partial charge in [0.05, 0.1) is 11.4 Å². The molecule has 202 valence electrons. The summed E-state index contributed by atoms with van der Waals surface area (Å²) in [6, 6.07) is 15.1. The SMILES string of the molecule is NC1CCCCC1NC(=O)c1ccc2c(c1)NC(=O)CC(C1CCCCC1)N2C(=O)CCc1ccccc1. The minimum absolute atomic E-state index is 0.0209. The van der Waals surface area contributed by atoms with Gasteiger partial charge in [0.1, 0.15) is 0 Å². The Bertz CT molecular complexity index is 1150. The van der Waals surface area contributed by atoms with E-state index in [1.54, 1.807) is 12.1 Å². The van der Waals surface area contributed by atoms with Crippen LogP contribution in [0.25, 0.3) is 0 Å². The van der Waals surface area contributed by atoms with Crippen molar-refractivity contribution >= 4 is 29.1 Å². The van der Waals surface area contributed by atoms with Crippen LogP contribution in [0.5, 0.6) is 0 Å². The van der Waals surface area contributed by atoms with Crippen LogP contribution in [0.2, 0.25) is 0 Å². The van der Waals surface area contributed by atoms with E-state index in [2.05, 4.69) is 10.6 Å². The summed E-state index contributed by atoms with van der Waals surface area (Å²) >= 11 is 0. The number of fused-ring (bicyclic) bond motifs is 1. The Balaban J connectivity index is 1.42. The number of carbonyl (C=O) groups excluding carboxylic acids is 3. The van der Waals surface area contributed by atoms with Gasteiger partial charge in [-0.2, -0.15) is 0 Å². The van der Waals surface area contributed by atoms with E-state index >= 15 is 0 Å². The monoisotopic (exact) mass is 516 g/mol. The van der Waals surface area contributed by atoms with Crippen molar-refractivity contribution in [1.29, 1.82) is 0 Å². The highest BCUT2D eigenvalue weighted by atomic mass is 16.2. The first-order chi connectivity index (χ1) is 18.5. The first kappa shape index (κ1) is 26.4. The molecule has 7 nitrogen and oxygen atoms in total. The number of nitrogens with one attached hydrogen (secondary N) is 2. The van der Waals surface area contributed by atoms with Crippen LogP contribution in [-0.4, -0.2) is 35.8 Å². The van der Waals surface area contributed by atoms with Crippen LogP contribution >= 0.6 is 0 Å². The molecule has 3 amide bonds. The van der Waals surface area contributed by atoms with E-state index < -0.39 is 0 Å². The molecule has 2 fully saturated rings. The topological polar surface area (TPSA) is 105 Å². The van der Waals surface area contributed by atoms with Crippen LogP contribution in [0.15, 0.2) is 48.5 Å². The number of nitrogens with two attached hydrogens (primary N) is 1. The van der Waals surface area contributed by atoms with Gasteiger partial charge in [0.2, 0.25) is 11.8 Å². The van der Waals surface area contributed by atoms with Gasteiger partial charge in [-0.15, -0.1) is 0 Å². The van der Waals surface area contributed by atoms with E-state index in [1.807, 2.05) is 41.3 Å². The lowest BCUT2D eigenvalue weighted by Crippen LogP contribution is -2.49. The molecule has 0 saturated heterocycles. The zero-order valence-corrected chi connectivity index (χ0v) is 22.2. The van der Waals surface area contributed by atoms with Gasteiger partial charge in [-0.1, -0.05) is 62.4 Å². The van der Waals surface area contributed by atoms with Gasteiger partial charge in [-0.3, -0.25) is 14.4 Å². The highest BCUT2D eigenvalue weighted by Gasteiger charge is 2.38. The lowest BCUT2D eigenvalue weighted by molar-refractivity contribution is -0.120. The third kappa shape index (κ3) is 6.09. The quantitative estimate of drug-likeness (QED) is 0.506. The molecule has 0 aromatic heterocycles. The van der Waals surface area contributed by atoms with Crippen molar-refractivity contribution in [2.45, 2.75) is 95.2 Å². The second-order valence-electron chi connectivity index (χ2n) is 11.2. The van der Waals surface area contributed by atoms with Crippen LogP contribution < -0.4 is 21.3 Å². The highest BCUT2D eigenvalue weighted by Crippen LogP contribution is 2.39. The first-order valence-corrected chi connectivity index (χ1v) is 14.4. The third-order valence-electron chi connectivity index (χ3n) is 8.59. The second kappa shape index (κ2) is 12.1. The van der Waals surface area contributed by atoms with Crippen LogP contribution in [0, 0.1) is 5.92 Å². The zero-order valence-electron chi connectivity index (χ0n) is 22.2. The van der Waals surface area contributed by atoms with Crippen LogP contribution in [0.1, 0.15) is 86.6 Å². The number of aryl methyl sites for hydroxylation is 1. The molecule has 3 atom stereocenters. The Hall–Kier alpha value is -3.19. The normalized spacial score (nSPS) is 24.2. The van der Waals surface area contributed by atoms with Crippen molar-refractivity contribution < 1.29 is 14.4 Å². The molecule has 2 saturated carbocycles. The fraction of sp³-hybridized carbons (Fsp3) is 0.516. The van der Waals surface area contributed by atoms with E-state index in [0.717, 1.165) is 56.9 Å². The van der Waals surface area contributed by atoms with Gasteiger partial charge in [0.15, 0.2) is 0 Å². The molecule has 5 rings (SSSR count). The average Bonchev–Trinajstić information content (AvgIpc) is 3.09. The smallest absolute Gasteiger partial charge is 0.251 e. The second-order valence-corrected chi connectivity index (χ2v) is 11.2. The Morgan fingerprint density at radius 1 is 0.947 bits per heavy atom. The number of amides is 3. The molecule has 0 radical (unpaired) electrons. The maximum atomic E-state index is 13.9. The van der Waals surface area contributed by atoms with Crippen molar-refractivity contribution in [3.05, 3.63) is 59.7 Å². The summed E-state index contributed by atoms with van der Waals surface area (Å²) < 4.78 is 0. The van der Waals surface area contributed by atoms with Crippen molar-refractivity contribution in [3.8, 4) is 0 Å². The predicted molar refractivity (Wildman–Crippen MR) is 150 cm³/mol. The number of hydrogen-bond donors (Lipinski definition) is 3. The van der Waals surface area contributed by atoms with Crippen molar-refractivity contribution in [1.82, 2.24) is 5.32 Å². The minimum atomic E-state index is -0.195. The summed E-state index contributed by atoms with van der Waals surface area (Å²) in [5.74, 6) is 0.0101. The Morgan fingerprint density at radius 2 is 1.68 bits per heavy atom. The van der Waals surface area contributed by atoms with Gasteiger partial charge in [0, 0.05) is 36.5 Å². The van der Waals surface area contributed by atoms with Gasteiger partial charge in [0.25, 0.3) is 5.91 Å². The number of benzene rings is 2. The minimum Gasteiger partial charge on any atom is -0.348 e. The summed E-state index contributed by atoms with van der Waals surface area (Å²) in [6.07, 6.45) is 10.7. The summed E-state index contributed by atoms with van der Waals surface area (Å²) in [5.41, 5.74) is 9.05. The fourth-order valence-corrected chi connectivity index (χ4v) is 6.47. The molecule has 3 aliphatic rings. The largest absolute Gasteiger partial charge is 0.348 e. The van der Waals surface area contributed by atoms with Gasteiger partial charge >= 0.3 is 0 Å². The highest BCUT2D eigenvalue weighted by molar-refractivity contribution is 6.06. The van der Waals surface area contributed by atoms with Crippen molar-refractivity contribution in [3.63, 3.8) is 0 Å². The maximum absolute atomic E-state index is 13.9. The Kier molecular flexibility index (Phi) is 8.42. The Morgan fingerprint density at radius 3 is 2.45 bits per heavy atom. The lowest BCUT2D eigenvalue weighted by atomic mass is 9.81. The van der Waals surface area contributed by atoms with E-state index in [1.165, 1.54) is 6.42 Å². The summed E-state index contributed by atoms with van der Waals surface area (Å²) in [6.45, 7) is 0. The molecule has 7 heteroatoms. The number of carbonyl (C=O) groups is 3. The van der Waals surface area contributed by atoms with E-state index in [4.69, 9.17) is 5.73 Å². The summed E-state index contributed by atoms with van der Waals surface area (Å²) in [4.78, 5) is 42.0. The number of anilines is 2. The third-order valence-corrected chi connectivity index (χ3v) is 8.59. The Labute approximate surface area is 225 Å². The molecule has 1 aliphatic heterocycles. The lowest BCUT2D eigenvalue weighted by Gasteiger charge is -2.38. The van der Waals surface area contributed by atoms with Crippen molar-refractivity contribution in [2.75, 3.05) is 10.2 Å². The van der Waals surface area contributed by atoms with Gasteiger partial charge in [-0.05, 0) is 61.8 Å². The van der Waals surface area contributed by atoms with E-state index in [9.17, 15) is 14.4 Å². The number of hydrogen-bond acceptors (Lipinski definition) is 4. The summed E-state index contributed by atoms with van der Waals surface area (Å²) in [5, 5.41) is 6.11. The molecule has 3 unspecified atom stereocenters. The van der Waals surface area contributed by atoms with Crippen molar-refractivity contribution in [2.24, 2.45) is 11.7 Å². The maximum Gasteiger partial charge on any atom is 0.251 e. The van der Waals surface area contributed by atoms with E-state index in [-0.39, 0.29) is 48.2 Å². The average molecular weight is 517 g/mol. The van der Waals surface area contributed by atoms with Crippen LogP contribution in [0.4, 0.5) is 11.4 Å². The predicted octanol–water partition coefficient (Wildman–Crippen LogP) is 4.94. The molecular weight excluding hydrogens is 476 g/mol. The molecule has 2 aliphatic carbocycles. The van der Waals surface area contributed by atoms with Crippen LogP contribution in [0.3, 0.4) is 0 Å². The molecule has 4 N–H and O–H groups in total. The first-order valence-electron chi connectivity index (χ1n) is 14.4. The molecule has 38 heavy (non-hydrogen) atoms. The van der Waals surface area contributed by atoms with Crippen LogP contribution in [-0.2, 0) is 16.0 Å². The molecule has 2 aromatic carbocycles. The zero-order chi connectivity index (χ0) is 26.5. The molecule has 1 heterocycles. The molecular formula is C31H40N4O3. The molecule has 2 aromatic rings. The summed E-state index contributed by atoms with van der Waals surface area (Å²) in [7, 11) is 0. The van der Waals surface area contributed by atoms with E-state index in [0.29, 0.717) is 29.8 Å². The molecule has 0 spiro atoms.